The second-order valence-electron chi connectivity index (χ2n) is 7.74. The third-order valence-electron chi connectivity index (χ3n) is 4.93. The van der Waals surface area contributed by atoms with Crippen molar-refractivity contribution >= 4 is 29.5 Å². The van der Waals surface area contributed by atoms with E-state index >= 15 is 0 Å². The van der Waals surface area contributed by atoms with E-state index < -0.39 is 11.5 Å². The van der Waals surface area contributed by atoms with Gasteiger partial charge in [-0.2, -0.15) is 9.61 Å². The molecule has 3 heterocycles. The van der Waals surface area contributed by atoms with Crippen molar-refractivity contribution in [3.05, 3.63) is 33.8 Å². The first kappa shape index (κ1) is 20.4. The van der Waals surface area contributed by atoms with Crippen LogP contribution in [-0.2, 0) is 6.54 Å². The Morgan fingerprint density at radius 2 is 2.18 bits per heavy atom. The number of aromatic nitrogens is 3. The average Bonchev–Trinajstić information content (AvgIpc) is 3.33. The summed E-state index contributed by atoms with van der Waals surface area (Å²) in [4.78, 5) is 25.5. The summed E-state index contributed by atoms with van der Waals surface area (Å²) in [5, 5.41) is 21.3. The fourth-order valence-electron chi connectivity index (χ4n) is 3.40. The molecule has 2 aromatic rings. The van der Waals surface area contributed by atoms with Gasteiger partial charge in [0, 0.05) is 25.2 Å². The number of hydrogen-bond donors (Lipinski definition) is 3. The Morgan fingerprint density at radius 1 is 1.43 bits per heavy atom. The quantitative estimate of drug-likeness (QED) is 0.698. The second kappa shape index (κ2) is 7.97. The number of fused-ring (bicyclic) bond motifs is 1. The first-order valence-electron chi connectivity index (χ1n) is 9.52. The van der Waals surface area contributed by atoms with Crippen molar-refractivity contribution in [3.8, 4) is 5.88 Å². The van der Waals surface area contributed by atoms with Gasteiger partial charge in [-0.1, -0.05) is 19.9 Å². The highest BCUT2D eigenvalue weighted by molar-refractivity contribution is 5.96. The lowest BCUT2D eigenvalue weighted by Crippen LogP contribution is -2.34. The van der Waals surface area contributed by atoms with Crippen LogP contribution in [0.3, 0.4) is 0 Å². The summed E-state index contributed by atoms with van der Waals surface area (Å²) in [5.74, 6) is -0.597. The molecule has 2 aromatic heterocycles. The van der Waals surface area contributed by atoms with E-state index in [4.69, 9.17) is 0 Å². The first-order valence-corrected chi connectivity index (χ1v) is 9.52. The lowest BCUT2D eigenvalue weighted by Gasteiger charge is -2.16. The molecule has 0 saturated heterocycles. The Bertz CT molecular complexity index is 988. The number of rotatable bonds is 5. The lowest BCUT2D eigenvalue weighted by atomic mass is 10.1. The average molecular weight is 408 g/mol. The van der Waals surface area contributed by atoms with Crippen LogP contribution in [0.5, 0.6) is 5.88 Å². The molecule has 8 nitrogen and oxygen atoms in total. The molecular weight excluding hydrogens is 382 g/mol. The van der Waals surface area contributed by atoms with E-state index in [1.54, 1.807) is 4.57 Å². The van der Waals surface area contributed by atoms with Gasteiger partial charge in [-0.05, 0) is 37.3 Å². The number of halogens is 1. The highest BCUT2D eigenvalue weighted by Crippen LogP contribution is 2.25. The molecule has 1 aliphatic carbocycles. The minimum absolute atomic E-state index is 0. The summed E-state index contributed by atoms with van der Waals surface area (Å²) in [7, 11) is 0. The molecule has 152 valence electrons. The van der Waals surface area contributed by atoms with Crippen molar-refractivity contribution in [1.29, 1.82) is 0 Å². The van der Waals surface area contributed by atoms with E-state index in [2.05, 4.69) is 21.8 Å². The van der Waals surface area contributed by atoms with Gasteiger partial charge in [0.1, 0.15) is 5.65 Å². The van der Waals surface area contributed by atoms with E-state index in [0.29, 0.717) is 17.9 Å². The third-order valence-corrected chi connectivity index (χ3v) is 4.93. The van der Waals surface area contributed by atoms with Crippen LogP contribution in [0.1, 0.15) is 49.2 Å². The molecule has 0 atom stereocenters. The molecule has 0 radical (unpaired) electrons. The first-order chi connectivity index (χ1) is 13.0. The maximum atomic E-state index is 13.0. The maximum absolute atomic E-state index is 13.0. The Morgan fingerprint density at radius 3 is 2.79 bits per heavy atom. The van der Waals surface area contributed by atoms with Gasteiger partial charge in [0.05, 0.1) is 5.69 Å². The Hall–Kier alpha value is -2.32. The number of nitrogens with one attached hydrogen (secondary N) is 2. The molecular formula is C19H26ClN5O3. The molecule has 1 amide bonds. The number of nitrogens with zero attached hydrogens (tertiary/aromatic N) is 3. The number of carbonyl (C=O) groups is 1. The van der Waals surface area contributed by atoms with Gasteiger partial charge in [0.2, 0.25) is 5.88 Å². The van der Waals surface area contributed by atoms with E-state index in [0.717, 1.165) is 37.9 Å². The summed E-state index contributed by atoms with van der Waals surface area (Å²) in [6, 6.07) is 1.92. The Balaban J connectivity index is 0.00000225. The second-order valence-corrected chi connectivity index (χ2v) is 7.74. The Labute approximate surface area is 169 Å². The van der Waals surface area contributed by atoms with E-state index in [-0.39, 0.29) is 35.8 Å². The van der Waals surface area contributed by atoms with Crippen molar-refractivity contribution in [2.75, 3.05) is 13.1 Å². The third kappa shape index (κ3) is 3.79. The molecule has 1 aliphatic heterocycles. The smallest absolute Gasteiger partial charge is 0.291 e. The fraction of sp³-hybridized carbons (Fsp3) is 0.526. The molecule has 0 aromatic carbocycles. The van der Waals surface area contributed by atoms with Crippen LogP contribution in [0.2, 0.25) is 0 Å². The van der Waals surface area contributed by atoms with Crippen LogP contribution >= 0.6 is 12.4 Å². The number of carbonyl (C=O) groups excluding carboxylic acids is 1. The van der Waals surface area contributed by atoms with Crippen molar-refractivity contribution < 1.29 is 9.90 Å². The highest BCUT2D eigenvalue weighted by Gasteiger charge is 2.29. The van der Waals surface area contributed by atoms with Crippen molar-refractivity contribution in [1.82, 2.24) is 24.8 Å². The van der Waals surface area contributed by atoms with E-state index in [9.17, 15) is 14.7 Å². The predicted octanol–water partition coefficient (Wildman–Crippen LogP) is 1.55. The van der Waals surface area contributed by atoms with Gasteiger partial charge in [-0.15, -0.1) is 12.4 Å². The summed E-state index contributed by atoms with van der Waals surface area (Å²) in [6.45, 7) is 6.14. The molecule has 9 heteroatoms. The Kier molecular flexibility index (Phi) is 5.81. The van der Waals surface area contributed by atoms with Crippen LogP contribution in [-0.4, -0.2) is 44.3 Å². The van der Waals surface area contributed by atoms with E-state index in [1.807, 2.05) is 19.9 Å². The highest BCUT2D eigenvalue weighted by atomic mass is 35.5. The summed E-state index contributed by atoms with van der Waals surface area (Å²) < 4.78 is 2.87. The van der Waals surface area contributed by atoms with Crippen molar-refractivity contribution in [2.45, 2.75) is 45.7 Å². The molecule has 2 aliphatic rings. The zero-order chi connectivity index (χ0) is 19.1. The van der Waals surface area contributed by atoms with Gasteiger partial charge in [-0.3, -0.25) is 14.2 Å². The molecule has 4 rings (SSSR count). The number of aromatic hydroxyl groups is 1. The monoisotopic (exact) mass is 407 g/mol. The van der Waals surface area contributed by atoms with Crippen LogP contribution in [0, 0.1) is 5.92 Å². The largest absolute Gasteiger partial charge is 0.494 e. The lowest BCUT2D eigenvalue weighted by molar-refractivity contribution is 0.0944. The normalized spacial score (nSPS) is 16.8. The molecule has 0 bridgehead atoms. The van der Waals surface area contributed by atoms with Crippen LogP contribution in [0.25, 0.3) is 11.2 Å². The number of amides is 1. The fourth-order valence-corrected chi connectivity index (χ4v) is 3.40. The SMILES string of the molecule is CC(C)Cn1c(O)c(C(=O)NC2CC2)c(=O)n2nc(C3=CCNCC3)cc12.Cl. The van der Waals surface area contributed by atoms with Crippen LogP contribution < -0.4 is 16.2 Å². The maximum Gasteiger partial charge on any atom is 0.291 e. The van der Waals surface area contributed by atoms with Crippen molar-refractivity contribution in [3.63, 3.8) is 0 Å². The van der Waals surface area contributed by atoms with Gasteiger partial charge < -0.3 is 15.7 Å². The zero-order valence-corrected chi connectivity index (χ0v) is 16.9. The van der Waals surface area contributed by atoms with Gasteiger partial charge in [0.15, 0.2) is 5.56 Å². The summed E-state index contributed by atoms with van der Waals surface area (Å²) in [6.07, 6.45) is 4.69. The van der Waals surface area contributed by atoms with Gasteiger partial charge in [-0.25, -0.2) is 0 Å². The van der Waals surface area contributed by atoms with Crippen LogP contribution in [0.4, 0.5) is 0 Å². The van der Waals surface area contributed by atoms with Crippen molar-refractivity contribution in [2.24, 2.45) is 5.92 Å². The molecule has 0 unspecified atom stereocenters. The topological polar surface area (TPSA) is 101 Å². The molecule has 0 spiro atoms. The minimum Gasteiger partial charge on any atom is -0.494 e. The summed E-state index contributed by atoms with van der Waals surface area (Å²) in [5.41, 5.74) is 1.47. The van der Waals surface area contributed by atoms with E-state index in [1.165, 1.54) is 4.52 Å². The zero-order valence-electron chi connectivity index (χ0n) is 16.1. The minimum atomic E-state index is -0.582. The van der Waals surface area contributed by atoms with Crippen LogP contribution in [0.15, 0.2) is 16.9 Å². The number of hydrogen-bond acceptors (Lipinski definition) is 5. The molecule has 28 heavy (non-hydrogen) atoms. The predicted molar refractivity (Wildman–Crippen MR) is 109 cm³/mol. The summed E-state index contributed by atoms with van der Waals surface area (Å²) >= 11 is 0. The molecule has 1 fully saturated rings. The standard InChI is InChI=1S/C19H25N5O3.ClH/c1-11(2)10-23-15-9-14(12-5-7-20-8-6-12)22-24(15)19(27)16(18(23)26)17(25)21-13-3-4-13;/h5,9,11,13,20,26H,3-4,6-8,10H2,1-2H3,(H,21,25);1H. The van der Waals surface area contributed by atoms with Gasteiger partial charge >= 0.3 is 0 Å². The van der Waals surface area contributed by atoms with Gasteiger partial charge in [0.25, 0.3) is 11.5 Å². The molecule has 3 N–H and O–H groups in total. The molecule has 1 saturated carbocycles.